The molecule has 4 aromatic carbocycles. The summed E-state index contributed by atoms with van der Waals surface area (Å²) in [6.07, 6.45) is 0. The van der Waals surface area contributed by atoms with Crippen LogP contribution in [0.5, 0.6) is 23.0 Å². The third-order valence-corrected chi connectivity index (χ3v) is 5.27. The molecule has 0 saturated carbocycles. The number of para-hydroxylation sites is 5. The van der Waals surface area contributed by atoms with Gasteiger partial charge in [0.05, 0.1) is 9.26 Å². The second kappa shape index (κ2) is 15.3. The topological polar surface area (TPSA) is 44.5 Å². The SMILES string of the molecule is Cc1ccccc1Oc1ccccc1I.Cc1ccccc1Oc1ccccc1N.[I-].[K+]. The number of rotatable bonds is 4. The van der Waals surface area contributed by atoms with Gasteiger partial charge in [0.25, 0.3) is 0 Å². The predicted molar refractivity (Wildman–Crippen MR) is 133 cm³/mol. The molecule has 0 aromatic heterocycles. The Morgan fingerprint density at radius 1 is 0.562 bits per heavy atom. The average molecular weight is 675 g/mol. The fraction of sp³-hybridized carbons (Fsp3) is 0.0769. The van der Waals surface area contributed by atoms with Crippen LogP contribution in [0.1, 0.15) is 11.1 Å². The van der Waals surface area contributed by atoms with Gasteiger partial charge in [0.2, 0.25) is 0 Å². The molecule has 0 spiro atoms. The second-order valence-corrected chi connectivity index (χ2v) is 7.87. The van der Waals surface area contributed by atoms with Gasteiger partial charge in [-0.1, -0.05) is 60.7 Å². The van der Waals surface area contributed by atoms with E-state index in [-0.39, 0.29) is 75.4 Å². The van der Waals surface area contributed by atoms with Crippen LogP contribution < -0.4 is 90.6 Å². The number of halogens is 2. The molecular weight excluding hydrogens is 651 g/mol. The minimum Gasteiger partial charge on any atom is -1.00 e. The molecule has 0 amide bonds. The van der Waals surface area contributed by atoms with Crippen LogP contribution in [-0.2, 0) is 0 Å². The van der Waals surface area contributed by atoms with E-state index in [1.54, 1.807) is 0 Å². The maximum atomic E-state index is 5.83. The Bertz CT molecular complexity index is 946. The van der Waals surface area contributed by atoms with Gasteiger partial charge in [0, 0.05) is 0 Å². The summed E-state index contributed by atoms with van der Waals surface area (Å²) in [5, 5.41) is 0. The van der Waals surface area contributed by atoms with E-state index in [9.17, 15) is 0 Å². The molecule has 4 rings (SSSR count). The number of aryl methyl sites for hydroxylation is 2. The van der Waals surface area contributed by atoms with Gasteiger partial charge in [-0.05, 0) is 84.0 Å². The van der Waals surface area contributed by atoms with E-state index in [1.165, 1.54) is 0 Å². The molecule has 0 aliphatic rings. The van der Waals surface area contributed by atoms with Crippen LogP contribution in [0.15, 0.2) is 97.1 Å². The molecule has 0 unspecified atom stereocenters. The number of hydrogen-bond donors (Lipinski definition) is 1. The molecule has 0 heterocycles. The Morgan fingerprint density at radius 3 is 1.41 bits per heavy atom. The van der Waals surface area contributed by atoms with Crippen LogP contribution in [0.3, 0.4) is 0 Å². The summed E-state index contributed by atoms with van der Waals surface area (Å²) in [5.41, 5.74) is 8.70. The van der Waals surface area contributed by atoms with Crippen molar-refractivity contribution in [3.05, 3.63) is 112 Å². The van der Waals surface area contributed by atoms with Crippen LogP contribution in [0.4, 0.5) is 5.69 Å². The van der Waals surface area contributed by atoms with Crippen LogP contribution in [0.25, 0.3) is 0 Å². The summed E-state index contributed by atoms with van der Waals surface area (Å²) in [4.78, 5) is 0. The van der Waals surface area contributed by atoms with E-state index < -0.39 is 0 Å². The number of ether oxygens (including phenoxy) is 2. The Balaban J connectivity index is 0.000000301. The largest absolute Gasteiger partial charge is 1.00 e. The van der Waals surface area contributed by atoms with Gasteiger partial charge in [0.15, 0.2) is 0 Å². The third kappa shape index (κ3) is 8.96. The van der Waals surface area contributed by atoms with Crippen LogP contribution in [-0.4, -0.2) is 0 Å². The number of anilines is 1. The number of hydrogen-bond acceptors (Lipinski definition) is 3. The summed E-state index contributed by atoms with van der Waals surface area (Å²) in [6.45, 7) is 4.06. The van der Waals surface area contributed by atoms with Gasteiger partial charge < -0.3 is 39.2 Å². The van der Waals surface area contributed by atoms with E-state index >= 15 is 0 Å². The molecule has 4 aromatic rings. The van der Waals surface area contributed by atoms with Gasteiger partial charge in [0.1, 0.15) is 23.0 Å². The molecule has 160 valence electrons. The fourth-order valence-corrected chi connectivity index (χ4v) is 3.18. The molecule has 0 aliphatic carbocycles. The third-order valence-electron chi connectivity index (χ3n) is 4.38. The first-order valence-electron chi connectivity index (χ1n) is 9.60. The molecule has 32 heavy (non-hydrogen) atoms. The number of benzene rings is 4. The zero-order chi connectivity index (χ0) is 21.3. The summed E-state index contributed by atoms with van der Waals surface area (Å²) < 4.78 is 12.7. The summed E-state index contributed by atoms with van der Waals surface area (Å²) >= 11 is 2.27. The Morgan fingerprint density at radius 2 is 0.938 bits per heavy atom. The maximum Gasteiger partial charge on any atom is 1.00 e. The van der Waals surface area contributed by atoms with Crippen molar-refractivity contribution in [1.82, 2.24) is 0 Å². The summed E-state index contributed by atoms with van der Waals surface area (Å²) in [7, 11) is 0. The Kier molecular flexibility index (Phi) is 14.1. The normalized spacial score (nSPS) is 9.34. The first kappa shape index (κ1) is 29.4. The van der Waals surface area contributed by atoms with Crippen molar-refractivity contribution >= 4 is 28.3 Å². The molecule has 0 radical (unpaired) electrons. The standard InChI is InChI=1S/C13H11IO.C13H13NO.HI.K/c2*1-10-6-2-4-8-12(10)15-13-9-5-3-7-11(13)14;;/h2-9H,1H3;2-9H,14H2,1H3;1H;/q;;;+1/p-1. The van der Waals surface area contributed by atoms with Crippen molar-refractivity contribution in [3.63, 3.8) is 0 Å². The van der Waals surface area contributed by atoms with E-state index in [0.29, 0.717) is 11.4 Å². The van der Waals surface area contributed by atoms with Crippen molar-refractivity contribution < 1.29 is 84.8 Å². The van der Waals surface area contributed by atoms with Gasteiger partial charge in [-0.15, -0.1) is 0 Å². The molecule has 0 fully saturated rings. The molecule has 3 nitrogen and oxygen atoms in total. The molecule has 0 aliphatic heterocycles. The van der Waals surface area contributed by atoms with Gasteiger partial charge >= 0.3 is 51.4 Å². The molecule has 2 N–H and O–H groups in total. The Hall–Kier alpha value is -0.624. The first-order chi connectivity index (χ1) is 14.5. The monoisotopic (exact) mass is 675 g/mol. The van der Waals surface area contributed by atoms with Crippen molar-refractivity contribution in [2.24, 2.45) is 0 Å². The van der Waals surface area contributed by atoms with Crippen molar-refractivity contribution in [3.8, 4) is 23.0 Å². The van der Waals surface area contributed by atoms with Gasteiger partial charge in [-0.3, -0.25) is 0 Å². The van der Waals surface area contributed by atoms with Crippen LogP contribution in [0, 0.1) is 17.4 Å². The van der Waals surface area contributed by atoms with E-state index in [2.05, 4.69) is 22.6 Å². The molecule has 6 heteroatoms. The molecule has 0 saturated heterocycles. The zero-order valence-electron chi connectivity index (χ0n) is 18.4. The fourth-order valence-electron chi connectivity index (χ4n) is 2.68. The van der Waals surface area contributed by atoms with Crippen molar-refractivity contribution in [1.29, 1.82) is 0 Å². The number of nitrogen functional groups attached to an aromatic ring is 1. The van der Waals surface area contributed by atoms with E-state index in [0.717, 1.165) is 31.9 Å². The van der Waals surface area contributed by atoms with Gasteiger partial charge in [-0.2, -0.15) is 0 Å². The smallest absolute Gasteiger partial charge is 1.00 e. The average Bonchev–Trinajstić information content (AvgIpc) is 2.75. The van der Waals surface area contributed by atoms with E-state index in [4.69, 9.17) is 15.2 Å². The maximum absolute atomic E-state index is 5.83. The van der Waals surface area contributed by atoms with Crippen molar-refractivity contribution in [2.45, 2.75) is 13.8 Å². The van der Waals surface area contributed by atoms with E-state index in [1.807, 2.05) is 111 Å². The molecule has 0 atom stereocenters. The minimum absolute atomic E-state index is 0. The summed E-state index contributed by atoms with van der Waals surface area (Å²) in [5.74, 6) is 3.37. The summed E-state index contributed by atoms with van der Waals surface area (Å²) in [6, 6.07) is 31.4. The molecular formula is C26H24I2KNO2. The number of nitrogens with two attached hydrogens (primary N) is 1. The quantitative estimate of drug-likeness (QED) is 0.204. The minimum atomic E-state index is 0. The second-order valence-electron chi connectivity index (χ2n) is 6.70. The van der Waals surface area contributed by atoms with Crippen molar-refractivity contribution in [2.75, 3.05) is 5.73 Å². The Labute approximate surface area is 263 Å². The van der Waals surface area contributed by atoms with Gasteiger partial charge in [-0.25, -0.2) is 0 Å². The predicted octanol–water partition coefficient (Wildman–Crippen LogP) is 1.77. The first-order valence-corrected chi connectivity index (χ1v) is 10.7. The van der Waals surface area contributed by atoms with Crippen LogP contribution >= 0.6 is 22.6 Å². The zero-order valence-corrected chi connectivity index (χ0v) is 25.8. The van der Waals surface area contributed by atoms with Crippen LogP contribution in [0.2, 0.25) is 0 Å². The molecule has 0 bridgehead atoms.